The van der Waals surface area contributed by atoms with Crippen LogP contribution in [0.5, 0.6) is 0 Å². The molecular weight excluding hydrogens is 372 g/mol. The van der Waals surface area contributed by atoms with E-state index in [-0.39, 0.29) is 5.41 Å². The van der Waals surface area contributed by atoms with Gasteiger partial charge in [0.15, 0.2) is 0 Å². The van der Waals surface area contributed by atoms with Crippen molar-refractivity contribution in [3.8, 4) is 0 Å². The van der Waals surface area contributed by atoms with Crippen LogP contribution >= 0.6 is 0 Å². The largest absolute Gasteiger partial charge is 0.0998 e. The van der Waals surface area contributed by atoms with Gasteiger partial charge >= 0.3 is 0 Å². The molecule has 0 nitrogen and oxygen atoms in total. The summed E-state index contributed by atoms with van der Waals surface area (Å²) in [6.07, 6.45) is 9.30. The fourth-order valence-electron chi connectivity index (χ4n) is 6.06. The summed E-state index contributed by atoms with van der Waals surface area (Å²) < 4.78 is 0. The van der Waals surface area contributed by atoms with Crippen molar-refractivity contribution >= 4 is 0 Å². The highest BCUT2D eigenvalue weighted by atomic mass is 14.5. The lowest BCUT2D eigenvalue weighted by atomic mass is 9.72. The van der Waals surface area contributed by atoms with E-state index in [1.165, 1.54) is 53.5 Å². The van der Waals surface area contributed by atoms with E-state index < -0.39 is 0 Å². The fourth-order valence-corrected chi connectivity index (χ4v) is 6.06. The van der Waals surface area contributed by atoms with E-state index in [2.05, 4.69) is 82.1 Å². The van der Waals surface area contributed by atoms with E-state index >= 15 is 0 Å². The third-order valence-corrected chi connectivity index (χ3v) is 8.02. The first-order chi connectivity index (χ1) is 14.9. The van der Waals surface area contributed by atoms with Crippen LogP contribution in [0.4, 0.5) is 0 Å². The predicted molar refractivity (Wildman–Crippen MR) is 135 cm³/mol. The van der Waals surface area contributed by atoms with Crippen molar-refractivity contribution in [2.45, 2.75) is 76.5 Å². The molecule has 0 aliphatic heterocycles. The van der Waals surface area contributed by atoms with Crippen LogP contribution in [-0.4, -0.2) is 0 Å². The number of fused-ring (bicyclic) bond motifs is 1. The van der Waals surface area contributed by atoms with E-state index in [0.29, 0.717) is 11.8 Å². The molecule has 2 aliphatic carbocycles. The summed E-state index contributed by atoms with van der Waals surface area (Å²) in [5.41, 5.74) is 10.0. The number of aryl methyl sites for hydroxylation is 2. The number of hydrogen-bond donors (Lipinski definition) is 0. The third kappa shape index (κ3) is 4.22. The Bertz CT molecular complexity index is 976. The van der Waals surface area contributed by atoms with Gasteiger partial charge in [-0.2, -0.15) is 0 Å². The van der Waals surface area contributed by atoms with E-state index in [4.69, 9.17) is 0 Å². The van der Waals surface area contributed by atoms with Crippen LogP contribution in [-0.2, 0) is 18.3 Å². The maximum Gasteiger partial charge on any atom is 0.0199 e. The molecule has 3 atom stereocenters. The summed E-state index contributed by atoms with van der Waals surface area (Å²) in [5.74, 6) is 0.858. The Kier molecular flexibility index (Phi) is 6.37. The van der Waals surface area contributed by atoms with Crippen molar-refractivity contribution in [2.75, 3.05) is 0 Å². The van der Waals surface area contributed by atoms with Gasteiger partial charge in [-0.25, -0.2) is 0 Å². The molecule has 0 aromatic heterocycles. The summed E-state index contributed by atoms with van der Waals surface area (Å²) in [5, 5.41) is 0. The van der Waals surface area contributed by atoms with Crippen LogP contribution in [0.3, 0.4) is 0 Å². The van der Waals surface area contributed by atoms with Gasteiger partial charge in [-0.15, -0.1) is 0 Å². The molecule has 0 bridgehead atoms. The Balaban J connectivity index is 1.45. The lowest BCUT2D eigenvalue weighted by Gasteiger charge is -2.31. The van der Waals surface area contributed by atoms with Crippen LogP contribution in [0.25, 0.3) is 0 Å². The SMILES string of the molecule is C=C(CC1C(=C)CC(CC)(c2ccccc2)C1=C)CC(C)c1ccc2c(c1)CCCC2. The number of allylic oxidation sites excluding steroid dienone is 3. The molecule has 0 spiro atoms. The highest BCUT2D eigenvalue weighted by Gasteiger charge is 2.44. The van der Waals surface area contributed by atoms with Crippen LogP contribution in [0.15, 0.2) is 85.0 Å². The molecular formula is C31H38. The molecule has 3 unspecified atom stereocenters. The molecule has 4 rings (SSSR count). The molecule has 0 radical (unpaired) electrons. The second kappa shape index (κ2) is 9.03. The van der Waals surface area contributed by atoms with E-state index in [1.807, 2.05) is 0 Å². The van der Waals surface area contributed by atoms with Crippen LogP contribution in [0.1, 0.15) is 80.5 Å². The molecule has 31 heavy (non-hydrogen) atoms. The number of rotatable bonds is 7. The van der Waals surface area contributed by atoms with Gasteiger partial charge in [-0.05, 0) is 79.5 Å². The van der Waals surface area contributed by atoms with E-state index in [0.717, 1.165) is 25.7 Å². The Hall–Kier alpha value is -2.34. The molecule has 2 aliphatic rings. The van der Waals surface area contributed by atoms with Crippen molar-refractivity contribution < 1.29 is 0 Å². The monoisotopic (exact) mass is 410 g/mol. The second-order valence-corrected chi connectivity index (χ2v) is 10.0. The zero-order chi connectivity index (χ0) is 22.0. The molecule has 0 amide bonds. The van der Waals surface area contributed by atoms with Gasteiger partial charge in [0.1, 0.15) is 0 Å². The maximum absolute atomic E-state index is 4.62. The quantitative estimate of drug-likeness (QED) is 0.401. The first-order valence-corrected chi connectivity index (χ1v) is 12.2. The highest BCUT2D eigenvalue weighted by Crippen LogP contribution is 2.54. The van der Waals surface area contributed by atoms with Crippen molar-refractivity contribution in [1.29, 1.82) is 0 Å². The van der Waals surface area contributed by atoms with Gasteiger partial charge in [0.05, 0.1) is 0 Å². The molecule has 2 aromatic rings. The predicted octanol–water partition coefficient (Wildman–Crippen LogP) is 8.49. The summed E-state index contributed by atoms with van der Waals surface area (Å²) >= 11 is 0. The lowest BCUT2D eigenvalue weighted by molar-refractivity contribution is 0.507. The molecule has 0 heteroatoms. The number of hydrogen-bond acceptors (Lipinski definition) is 0. The van der Waals surface area contributed by atoms with Gasteiger partial charge in [-0.3, -0.25) is 0 Å². The minimum atomic E-state index is 0.0351. The van der Waals surface area contributed by atoms with Gasteiger partial charge in [0, 0.05) is 11.3 Å². The van der Waals surface area contributed by atoms with Gasteiger partial charge in [-0.1, -0.05) is 98.8 Å². The summed E-state index contributed by atoms with van der Waals surface area (Å²) in [7, 11) is 0. The first kappa shape index (κ1) is 21.9. The van der Waals surface area contributed by atoms with Crippen LogP contribution < -0.4 is 0 Å². The second-order valence-electron chi connectivity index (χ2n) is 10.0. The van der Waals surface area contributed by atoms with Crippen LogP contribution in [0.2, 0.25) is 0 Å². The zero-order valence-corrected chi connectivity index (χ0v) is 19.6. The van der Waals surface area contributed by atoms with Gasteiger partial charge in [0.2, 0.25) is 0 Å². The highest BCUT2D eigenvalue weighted by molar-refractivity contribution is 5.46. The average molecular weight is 411 g/mol. The molecule has 0 saturated heterocycles. The molecule has 0 N–H and O–H groups in total. The minimum Gasteiger partial charge on any atom is -0.0998 e. The molecule has 1 fully saturated rings. The normalized spacial score (nSPS) is 24.1. The van der Waals surface area contributed by atoms with Crippen molar-refractivity contribution in [1.82, 2.24) is 0 Å². The Labute approximate surface area is 189 Å². The van der Waals surface area contributed by atoms with E-state index in [1.54, 1.807) is 11.1 Å². The fraction of sp³-hybridized carbons (Fsp3) is 0.419. The average Bonchev–Trinajstić information content (AvgIpc) is 3.04. The first-order valence-electron chi connectivity index (χ1n) is 12.2. The Morgan fingerprint density at radius 2 is 1.74 bits per heavy atom. The smallest absolute Gasteiger partial charge is 0.0199 e. The summed E-state index contributed by atoms with van der Waals surface area (Å²) in [6.45, 7) is 18.3. The topological polar surface area (TPSA) is 0 Å². The molecule has 162 valence electrons. The van der Waals surface area contributed by atoms with Crippen molar-refractivity contribution in [3.05, 3.63) is 107 Å². The van der Waals surface area contributed by atoms with Crippen molar-refractivity contribution in [3.63, 3.8) is 0 Å². The Morgan fingerprint density at radius 3 is 2.45 bits per heavy atom. The summed E-state index contributed by atoms with van der Waals surface area (Å²) in [6, 6.07) is 18.1. The van der Waals surface area contributed by atoms with Gasteiger partial charge < -0.3 is 0 Å². The molecule has 2 aromatic carbocycles. The Morgan fingerprint density at radius 1 is 1.03 bits per heavy atom. The standard InChI is InChI=1S/C31H38/c1-6-31(29-14-8-7-9-15-29)21-24(4)30(25(31)5)19-22(2)18-23(3)27-17-16-26-12-10-11-13-28(26)20-27/h7-9,14-17,20,23,30H,2,4-6,10-13,18-19,21H2,1,3H3. The third-order valence-electron chi connectivity index (χ3n) is 8.02. The van der Waals surface area contributed by atoms with E-state index in [9.17, 15) is 0 Å². The number of benzene rings is 2. The zero-order valence-electron chi connectivity index (χ0n) is 19.6. The molecule has 1 saturated carbocycles. The minimum absolute atomic E-state index is 0.0351. The van der Waals surface area contributed by atoms with Crippen molar-refractivity contribution in [2.24, 2.45) is 5.92 Å². The lowest BCUT2D eigenvalue weighted by Crippen LogP contribution is -2.24. The van der Waals surface area contributed by atoms with Gasteiger partial charge in [0.25, 0.3) is 0 Å². The maximum atomic E-state index is 4.62. The summed E-state index contributed by atoms with van der Waals surface area (Å²) in [4.78, 5) is 0. The molecule has 0 heterocycles. The van der Waals surface area contributed by atoms with Crippen LogP contribution in [0, 0.1) is 5.92 Å².